The first-order chi connectivity index (χ1) is 43.3. The number of amides is 8. The van der Waals surface area contributed by atoms with Gasteiger partial charge in [-0.25, -0.2) is 0 Å². The van der Waals surface area contributed by atoms with Crippen LogP contribution >= 0.6 is 0 Å². The van der Waals surface area contributed by atoms with Gasteiger partial charge in [-0.1, -0.05) is 208 Å². The highest BCUT2D eigenvalue weighted by molar-refractivity contribution is 6.06. The van der Waals surface area contributed by atoms with E-state index in [9.17, 15) is 43.2 Å². The molecule has 13 heteroatoms. The lowest BCUT2D eigenvalue weighted by atomic mass is 9.81. The molecule has 0 saturated carbocycles. The lowest BCUT2D eigenvalue weighted by Crippen LogP contribution is -2.36. The van der Waals surface area contributed by atoms with Crippen LogP contribution in [0.2, 0.25) is 0 Å². The molecule has 4 rings (SSSR count). The summed E-state index contributed by atoms with van der Waals surface area (Å²) in [6.07, 6.45) is 10.8. The molecule has 0 aromatic carbocycles. The summed E-state index contributed by atoms with van der Waals surface area (Å²) in [5.41, 5.74) is 0. The number of rotatable bonds is 27. The van der Waals surface area contributed by atoms with E-state index in [1.807, 2.05) is 69.2 Å². The van der Waals surface area contributed by atoms with Crippen LogP contribution in [-0.2, 0) is 43.2 Å². The second kappa shape index (κ2) is 46.6. The van der Waals surface area contributed by atoms with E-state index >= 15 is 0 Å². The molecule has 0 aromatic rings. The summed E-state index contributed by atoms with van der Waals surface area (Å²) in [7, 11) is 3.20. The van der Waals surface area contributed by atoms with Crippen LogP contribution in [0.15, 0.2) is 0 Å². The van der Waals surface area contributed by atoms with Crippen molar-refractivity contribution in [2.45, 2.75) is 318 Å². The van der Waals surface area contributed by atoms with Gasteiger partial charge < -0.3 is 0 Å². The standard InChI is InChI=1S/2C12H21NO2.C12H24O.2C12H26.2C11H19NO2/c2*1-7(2)6-9-10(8(3)4)12(15)13(5)11(9)14;1-8(2)7-10(5)11(6)12(13)9(3)4;2*1-9(2)7-11(5)12(6)8-10(3)4;2*1-7(2)5-9-6-10(13)12(8(3)4)11(9)14/h2*7-10H,6H2,1-5H3;8-11H,7H2,1-6H3;2*9-12H,7-8H2,1-6H3;2*7-9H,5-6H2,1-4H3. The summed E-state index contributed by atoms with van der Waals surface area (Å²) in [6.45, 7) is 73.0. The van der Waals surface area contributed by atoms with Crippen LogP contribution in [0, 0.1) is 142 Å². The Morgan fingerprint density at radius 1 is 0.316 bits per heavy atom. The molecule has 12 atom stereocenters. The number of hydrogen-bond donors (Lipinski definition) is 0. The molecule has 4 heterocycles. The Hall–Kier alpha value is -3.77. The fourth-order valence-corrected chi connectivity index (χ4v) is 14.5. The predicted molar refractivity (Wildman–Crippen MR) is 399 cm³/mol. The zero-order valence-corrected chi connectivity index (χ0v) is 68.8. The van der Waals surface area contributed by atoms with E-state index < -0.39 is 0 Å². The quantitative estimate of drug-likeness (QED) is 0.0727. The molecule has 0 N–H and O–H groups in total. The summed E-state index contributed by atoms with van der Waals surface area (Å²) in [4.78, 5) is 111. The molecule has 0 aliphatic carbocycles. The number of likely N-dealkylation sites (tertiary alicyclic amines) is 4. The number of nitrogens with zero attached hydrogens (tertiary/aromatic N) is 4. The van der Waals surface area contributed by atoms with Crippen LogP contribution in [0.4, 0.5) is 0 Å². The molecule has 0 spiro atoms. The number of carbonyl (C=O) groups is 9. The van der Waals surface area contributed by atoms with Gasteiger partial charge in [0, 0.05) is 62.7 Å². The SMILES string of the molecule is CC(C)CC(C)C(C)C(=O)C(C)C.CC(C)CC(C)C(C)CC(C)C.CC(C)CC(C)C(C)CC(C)C.CC(C)CC1C(=O)N(C)C(=O)C1C(C)C.CC(C)CC1C(=O)N(C)C(=O)C1C(C)C.CC(C)CC1CC(=O)N(C(C)C)C1=O.CC(C)CC1CC(=O)N(C(C)C)C1=O. The third-order valence-electron chi connectivity index (χ3n) is 19.4. The highest BCUT2D eigenvalue weighted by Crippen LogP contribution is 2.37. The highest BCUT2D eigenvalue weighted by Gasteiger charge is 2.48. The van der Waals surface area contributed by atoms with Crippen molar-refractivity contribution in [2.75, 3.05) is 14.1 Å². The van der Waals surface area contributed by atoms with E-state index in [0.29, 0.717) is 54.1 Å². The maximum absolute atomic E-state index is 11.9. The zero-order chi connectivity index (χ0) is 75.3. The summed E-state index contributed by atoms with van der Waals surface area (Å²) in [5.74, 6) is 10.9. The van der Waals surface area contributed by atoms with Crippen LogP contribution in [0.5, 0.6) is 0 Å². The minimum Gasteiger partial charge on any atom is -0.299 e. The zero-order valence-electron chi connectivity index (χ0n) is 68.8. The molecule has 0 bridgehead atoms. The Morgan fingerprint density at radius 3 is 0.726 bits per heavy atom. The second-order valence-electron chi connectivity index (χ2n) is 35.3. The average Bonchev–Trinajstić information content (AvgIpc) is 1.67. The third kappa shape index (κ3) is 35.7. The van der Waals surface area contributed by atoms with Crippen LogP contribution in [0.1, 0.15) is 306 Å². The molecule has 13 nitrogen and oxygen atoms in total. The van der Waals surface area contributed by atoms with Gasteiger partial charge in [0.25, 0.3) is 0 Å². The maximum atomic E-state index is 11.9. The minimum absolute atomic E-state index is 0.000602. The summed E-state index contributed by atoms with van der Waals surface area (Å²) in [6, 6.07) is 0.0133. The number of Topliss-reactive ketones (excluding diaryl/α,β-unsaturated/α-hetero) is 1. The van der Waals surface area contributed by atoms with Gasteiger partial charge in [-0.2, -0.15) is 0 Å². The molecule has 12 unspecified atom stereocenters. The summed E-state index contributed by atoms with van der Waals surface area (Å²) < 4.78 is 0. The van der Waals surface area contributed by atoms with Gasteiger partial charge >= 0.3 is 0 Å². The van der Waals surface area contributed by atoms with Crippen molar-refractivity contribution in [2.24, 2.45) is 142 Å². The number of hydrogen-bond acceptors (Lipinski definition) is 9. The summed E-state index contributed by atoms with van der Waals surface area (Å²) >= 11 is 0. The topological polar surface area (TPSA) is 167 Å². The van der Waals surface area contributed by atoms with Gasteiger partial charge in [-0.05, 0) is 180 Å². The van der Waals surface area contributed by atoms with Gasteiger partial charge in [-0.3, -0.25) is 62.8 Å². The van der Waals surface area contributed by atoms with Crippen molar-refractivity contribution in [3.05, 3.63) is 0 Å². The van der Waals surface area contributed by atoms with Crippen molar-refractivity contribution >= 4 is 53.0 Å². The largest absolute Gasteiger partial charge is 0.299 e. The average molecular weight is 1340 g/mol. The van der Waals surface area contributed by atoms with Crippen molar-refractivity contribution in [1.82, 2.24) is 19.6 Å². The molecule has 4 aliphatic rings. The number of imide groups is 4. The van der Waals surface area contributed by atoms with Gasteiger partial charge in [0.05, 0.1) is 23.7 Å². The molecule has 4 saturated heterocycles. The Balaban J connectivity index is -0.00000104. The van der Waals surface area contributed by atoms with E-state index in [-0.39, 0.29) is 119 Å². The molecule has 8 amide bonds. The molecule has 4 aliphatic heterocycles. The van der Waals surface area contributed by atoms with Crippen molar-refractivity contribution in [1.29, 1.82) is 0 Å². The van der Waals surface area contributed by atoms with Gasteiger partial charge in [0.15, 0.2) is 0 Å². The summed E-state index contributed by atoms with van der Waals surface area (Å²) in [5, 5.41) is 0. The fraction of sp³-hybridized carbons (Fsp3) is 0.890. The van der Waals surface area contributed by atoms with Crippen molar-refractivity contribution in [3.63, 3.8) is 0 Å². The molecule has 95 heavy (non-hydrogen) atoms. The fourth-order valence-electron chi connectivity index (χ4n) is 14.5. The van der Waals surface area contributed by atoms with E-state index in [1.54, 1.807) is 14.1 Å². The first-order valence-corrected chi connectivity index (χ1v) is 38.2. The lowest BCUT2D eigenvalue weighted by Gasteiger charge is -2.23. The van der Waals surface area contributed by atoms with Crippen LogP contribution in [0.25, 0.3) is 0 Å². The highest BCUT2D eigenvalue weighted by atomic mass is 16.2. The smallest absolute Gasteiger partial charge is 0.233 e. The predicted octanol–water partition coefficient (Wildman–Crippen LogP) is 19.7. The van der Waals surface area contributed by atoms with Crippen molar-refractivity contribution in [3.8, 4) is 0 Å². The molecule has 0 aromatic heterocycles. The first-order valence-electron chi connectivity index (χ1n) is 38.2. The lowest BCUT2D eigenvalue weighted by molar-refractivity contribution is -0.143. The van der Waals surface area contributed by atoms with Crippen LogP contribution in [0.3, 0.4) is 0 Å². The number of ketones is 1. The number of carbonyl (C=O) groups excluding carboxylic acids is 9. The Kier molecular flexibility index (Phi) is 46.8. The molecule has 4 fully saturated rings. The molecular formula is C82H156N4O9. The monoisotopic (exact) mass is 1340 g/mol. The van der Waals surface area contributed by atoms with E-state index in [1.165, 1.54) is 45.3 Å². The molecular weight excluding hydrogens is 1180 g/mol. The Morgan fingerprint density at radius 2 is 0.547 bits per heavy atom. The van der Waals surface area contributed by atoms with E-state index in [4.69, 9.17) is 0 Å². The maximum Gasteiger partial charge on any atom is 0.233 e. The van der Waals surface area contributed by atoms with Gasteiger partial charge in [-0.15, -0.1) is 0 Å². The van der Waals surface area contributed by atoms with E-state index in [2.05, 4.69) is 166 Å². The second-order valence-corrected chi connectivity index (χ2v) is 35.3. The normalized spacial score (nSPS) is 21.9. The third-order valence-corrected chi connectivity index (χ3v) is 19.4. The van der Waals surface area contributed by atoms with Crippen LogP contribution in [-0.4, -0.2) is 98.8 Å². The van der Waals surface area contributed by atoms with Gasteiger partial charge in [0.1, 0.15) is 5.78 Å². The molecule has 0 radical (unpaired) electrons. The van der Waals surface area contributed by atoms with Crippen molar-refractivity contribution < 1.29 is 43.2 Å². The Bertz CT molecular complexity index is 2090. The molecule has 558 valence electrons. The van der Waals surface area contributed by atoms with Crippen LogP contribution < -0.4 is 0 Å². The van der Waals surface area contributed by atoms with E-state index in [0.717, 1.165) is 79.4 Å². The minimum atomic E-state index is -0.107. The van der Waals surface area contributed by atoms with Gasteiger partial charge in [0.2, 0.25) is 47.3 Å². The Labute approximate surface area is 587 Å². The first kappa shape index (κ1) is 95.4.